The maximum absolute atomic E-state index is 2.46. The third-order valence-electron chi connectivity index (χ3n) is 4.42. The Balaban J connectivity index is 2.34. The van der Waals surface area contributed by atoms with Crippen LogP contribution in [0.3, 0.4) is 0 Å². The summed E-state index contributed by atoms with van der Waals surface area (Å²) in [6.07, 6.45) is 11.9. The Labute approximate surface area is 103 Å². The molecule has 1 aliphatic carbocycles. The first-order valence-corrected chi connectivity index (χ1v) is 7.63. The van der Waals surface area contributed by atoms with Gasteiger partial charge in [0.05, 0.1) is 0 Å². The second kappa shape index (κ2) is 7.35. The molecule has 0 N–H and O–H groups in total. The molecule has 0 radical (unpaired) electrons. The zero-order valence-electron chi connectivity index (χ0n) is 12.0. The second-order valence-corrected chi connectivity index (χ2v) is 6.54. The lowest BCUT2D eigenvalue weighted by molar-refractivity contribution is 0.200. The van der Waals surface area contributed by atoms with Crippen LogP contribution >= 0.6 is 0 Å². The SMILES string of the molecule is CCC(CC(C)CC(C)C)C1CCCCC1. The average Bonchev–Trinajstić information content (AvgIpc) is 2.26. The van der Waals surface area contributed by atoms with Crippen LogP contribution in [0.1, 0.15) is 79.1 Å². The Morgan fingerprint density at radius 3 is 2.06 bits per heavy atom. The molecule has 0 aromatic rings. The Kier molecular flexibility index (Phi) is 6.46. The van der Waals surface area contributed by atoms with Gasteiger partial charge < -0.3 is 0 Å². The van der Waals surface area contributed by atoms with Gasteiger partial charge >= 0.3 is 0 Å². The first-order chi connectivity index (χ1) is 7.63. The third kappa shape index (κ3) is 4.89. The Hall–Kier alpha value is 0. The standard InChI is InChI=1S/C16H32/c1-5-15(12-14(4)11-13(2)3)16-9-7-6-8-10-16/h13-16H,5-12H2,1-4H3. The number of hydrogen-bond donors (Lipinski definition) is 0. The summed E-state index contributed by atoms with van der Waals surface area (Å²) in [5.74, 6) is 3.90. The molecule has 0 spiro atoms. The van der Waals surface area contributed by atoms with E-state index in [-0.39, 0.29) is 0 Å². The highest BCUT2D eigenvalue weighted by molar-refractivity contribution is 4.75. The van der Waals surface area contributed by atoms with Crippen LogP contribution in [0.4, 0.5) is 0 Å². The van der Waals surface area contributed by atoms with Crippen molar-refractivity contribution in [1.29, 1.82) is 0 Å². The van der Waals surface area contributed by atoms with Crippen LogP contribution < -0.4 is 0 Å². The largest absolute Gasteiger partial charge is 0.0651 e. The van der Waals surface area contributed by atoms with Crippen molar-refractivity contribution < 1.29 is 0 Å². The van der Waals surface area contributed by atoms with E-state index in [2.05, 4.69) is 27.7 Å². The van der Waals surface area contributed by atoms with Crippen molar-refractivity contribution in [2.45, 2.75) is 79.1 Å². The fourth-order valence-corrected chi connectivity index (χ4v) is 3.72. The van der Waals surface area contributed by atoms with Gasteiger partial charge in [-0.25, -0.2) is 0 Å². The third-order valence-corrected chi connectivity index (χ3v) is 4.42. The molecule has 0 amide bonds. The molecule has 0 aliphatic heterocycles. The van der Waals surface area contributed by atoms with Crippen molar-refractivity contribution in [2.24, 2.45) is 23.7 Å². The molecular weight excluding hydrogens is 192 g/mol. The molecule has 0 aromatic carbocycles. The fourth-order valence-electron chi connectivity index (χ4n) is 3.72. The molecule has 0 nitrogen and oxygen atoms in total. The van der Waals surface area contributed by atoms with E-state index < -0.39 is 0 Å². The van der Waals surface area contributed by atoms with Crippen molar-refractivity contribution in [3.05, 3.63) is 0 Å². The maximum Gasteiger partial charge on any atom is -0.0386 e. The summed E-state index contributed by atoms with van der Waals surface area (Å²) < 4.78 is 0. The van der Waals surface area contributed by atoms with Crippen molar-refractivity contribution in [3.8, 4) is 0 Å². The topological polar surface area (TPSA) is 0 Å². The van der Waals surface area contributed by atoms with E-state index in [1.165, 1.54) is 51.4 Å². The molecule has 0 heterocycles. The van der Waals surface area contributed by atoms with Crippen molar-refractivity contribution >= 4 is 0 Å². The van der Waals surface area contributed by atoms with Crippen LogP contribution in [0.5, 0.6) is 0 Å². The van der Waals surface area contributed by atoms with Gasteiger partial charge in [0, 0.05) is 0 Å². The van der Waals surface area contributed by atoms with Gasteiger partial charge in [-0.3, -0.25) is 0 Å². The highest BCUT2D eigenvalue weighted by Crippen LogP contribution is 2.36. The molecule has 96 valence electrons. The van der Waals surface area contributed by atoms with E-state index in [4.69, 9.17) is 0 Å². The Morgan fingerprint density at radius 1 is 0.938 bits per heavy atom. The zero-order valence-corrected chi connectivity index (χ0v) is 12.0. The molecule has 2 atom stereocenters. The number of hydrogen-bond acceptors (Lipinski definition) is 0. The molecule has 0 aromatic heterocycles. The minimum absolute atomic E-state index is 0.874. The smallest absolute Gasteiger partial charge is 0.0386 e. The minimum Gasteiger partial charge on any atom is -0.0651 e. The van der Waals surface area contributed by atoms with Gasteiger partial charge in [0.25, 0.3) is 0 Å². The van der Waals surface area contributed by atoms with Gasteiger partial charge in [0.15, 0.2) is 0 Å². The molecule has 1 aliphatic rings. The van der Waals surface area contributed by atoms with Gasteiger partial charge in [0.1, 0.15) is 0 Å². The van der Waals surface area contributed by atoms with Crippen LogP contribution in [0.15, 0.2) is 0 Å². The average molecular weight is 224 g/mol. The van der Waals surface area contributed by atoms with Gasteiger partial charge in [-0.2, -0.15) is 0 Å². The lowest BCUT2D eigenvalue weighted by atomic mass is 9.74. The van der Waals surface area contributed by atoms with Crippen molar-refractivity contribution in [2.75, 3.05) is 0 Å². The summed E-state index contributed by atoms with van der Waals surface area (Å²) in [7, 11) is 0. The molecule has 1 fully saturated rings. The van der Waals surface area contributed by atoms with Crippen LogP contribution in [0.25, 0.3) is 0 Å². The number of rotatable bonds is 6. The molecule has 1 saturated carbocycles. The summed E-state index contributed by atoms with van der Waals surface area (Å²) in [5.41, 5.74) is 0. The van der Waals surface area contributed by atoms with Gasteiger partial charge in [0.2, 0.25) is 0 Å². The molecule has 2 unspecified atom stereocenters. The van der Waals surface area contributed by atoms with Crippen molar-refractivity contribution in [1.82, 2.24) is 0 Å². The normalized spacial score (nSPS) is 22.3. The Bertz CT molecular complexity index is 165. The van der Waals surface area contributed by atoms with Gasteiger partial charge in [-0.15, -0.1) is 0 Å². The van der Waals surface area contributed by atoms with Crippen LogP contribution in [0, 0.1) is 23.7 Å². The van der Waals surface area contributed by atoms with E-state index in [1.54, 1.807) is 0 Å². The van der Waals surface area contributed by atoms with E-state index >= 15 is 0 Å². The lowest BCUT2D eigenvalue weighted by Crippen LogP contribution is -2.20. The molecule has 1 rings (SSSR count). The van der Waals surface area contributed by atoms with E-state index in [1.807, 2.05) is 0 Å². The second-order valence-electron chi connectivity index (χ2n) is 6.54. The van der Waals surface area contributed by atoms with E-state index in [9.17, 15) is 0 Å². The minimum atomic E-state index is 0.874. The highest BCUT2D eigenvalue weighted by atomic mass is 14.3. The van der Waals surface area contributed by atoms with Gasteiger partial charge in [-0.1, -0.05) is 66.2 Å². The highest BCUT2D eigenvalue weighted by Gasteiger charge is 2.23. The van der Waals surface area contributed by atoms with Crippen LogP contribution in [0.2, 0.25) is 0 Å². The maximum atomic E-state index is 2.46. The summed E-state index contributed by atoms with van der Waals surface area (Å²) in [6, 6.07) is 0. The lowest BCUT2D eigenvalue weighted by Gasteiger charge is -2.31. The van der Waals surface area contributed by atoms with Crippen molar-refractivity contribution in [3.63, 3.8) is 0 Å². The molecule has 16 heavy (non-hydrogen) atoms. The predicted octanol–water partition coefficient (Wildman–Crippen LogP) is 5.67. The van der Waals surface area contributed by atoms with E-state index in [0.29, 0.717) is 0 Å². The molecular formula is C16H32. The molecule has 0 saturated heterocycles. The summed E-state index contributed by atoms with van der Waals surface area (Å²) >= 11 is 0. The van der Waals surface area contributed by atoms with E-state index in [0.717, 1.165) is 23.7 Å². The zero-order chi connectivity index (χ0) is 12.0. The molecule has 0 bridgehead atoms. The first-order valence-electron chi connectivity index (χ1n) is 7.63. The predicted molar refractivity (Wildman–Crippen MR) is 73.6 cm³/mol. The van der Waals surface area contributed by atoms with Gasteiger partial charge in [-0.05, 0) is 36.5 Å². The first kappa shape index (κ1) is 14.1. The summed E-state index contributed by atoms with van der Waals surface area (Å²) in [5, 5.41) is 0. The fraction of sp³-hybridized carbons (Fsp3) is 1.00. The van der Waals surface area contributed by atoms with Crippen LogP contribution in [-0.4, -0.2) is 0 Å². The summed E-state index contributed by atoms with van der Waals surface area (Å²) in [4.78, 5) is 0. The monoisotopic (exact) mass is 224 g/mol. The molecule has 0 heteroatoms. The quantitative estimate of drug-likeness (QED) is 0.545. The summed E-state index contributed by atoms with van der Waals surface area (Å²) in [6.45, 7) is 9.59. The Morgan fingerprint density at radius 2 is 1.56 bits per heavy atom. The van der Waals surface area contributed by atoms with Crippen LogP contribution in [-0.2, 0) is 0 Å².